The minimum Gasteiger partial charge on any atom is -0.497 e. The lowest BCUT2D eigenvalue weighted by Gasteiger charge is -2.26. The molecular formula is C17H26N2O4. The van der Waals surface area contributed by atoms with Gasteiger partial charge in [0.1, 0.15) is 11.5 Å². The zero-order valence-corrected chi connectivity index (χ0v) is 14.1. The zero-order chi connectivity index (χ0) is 16.7. The molecule has 2 rings (SSSR count). The summed E-state index contributed by atoms with van der Waals surface area (Å²) in [4.78, 5) is 14.3. The highest BCUT2D eigenvalue weighted by atomic mass is 16.5. The normalized spacial score (nSPS) is 17.2. The molecule has 0 radical (unpaired) electrons. The SMILES string of the molecule is CCOCCNC(=O)N1CCC[C@@H]1c1ccc(OC)cc1OC. The minimum absolute atomic E-state index is 0.0305. The Morgan fingerprint density at radius 3 is 2.87 bits per heavy atom. The highest BCUT2D eigenvalue weighted by molar-refractivity contribution is 5.75. The van der Waals surface area contributed by atoms with Crippen LogP contribution in [0.2, 0.25) is 0 Å². The molecule has 1 heterocycles. The summed E-state index contributed by atoms with van der Waals surface area (Å²) in [5.74, 6) is 1.50. The van der Waals surface area contributed by atoms with Gasteiger partial charge >= 0.3 is 6.03 Å². The first-order chi connectivity index (χ1) is 11.2. The lowest BCUT2D eigenvalue weighted by atomic mass is 10.0. The van der Waals surface area contributed by atoms with Crippen molar-refractivity contribution in [3.05, 3.63) is 23.8 Å². The van der Waals surface area contributed by atoms with Gasteiger partial charge in [0.25, 0.3) is 0 Å². The van der Waals surface area contributed by atoms with Crippen LogP contribution >= 0.6 is 0 Å². The summed E-state index contributed by atoms with van der Waals surface area (Å²) in [6.45, 7) is 4.40. The van der Waals surface area contributed by atoms with E-state index in [-0.39, 0.29) is 12.1 Å². The van der Waals surface area contributed by atoms with Crippen molar-refractivity contribution >= 4 is 6.03 Å². The van der Waals surface area contributed by atoms with Crippen molar-refractivity contribution in [1.82, 2.24) is 10.2 Å². The molecule has 23 heavy (non-hydrogen) atoms. The van der Waals surface area contributed by atoms with Gasteiger partial charge < -0.3 is 24.4 Å². The molecule has 1 saturated heterocycles. The molecular weight excluding hydrogens is 296 g/mol. The van der Waals surface area contributed by atoms with Crippen LogP contribution in [0.4, 0.5) is 4.79 Å². The molecule has 1 aliphatic heterocycles. The summed E-state index contributed by atoms with van der Waals surface area (Å²) in [7, 11) is 3.27. The summed E-state index contributed by atoms with van der Waals surface area (Å²) in [6.07, 6.45) is 1.92. The van der Waals surface area contributed by atoms with Gasteiger partial charge in [-0.2, -0.15) is 0 Å². The standard InChI is InChI=1S/C17H26N2O4/c1-4-23-11-9-18-17(20)19-10-5-6-15(19)14-8-7-13(21-2)12-16(14)22-3/h7-8,12,15H,4-6,9-11H2,1-3H3,(H,18,20)/t15-/m1/s1. The lowest BCUT2D eigenvalue weighted by Crippen LogP contribution is -2.40. The Bertz CT molecular complexity index is 521. The van der Waals surface area contributed by atoms with E-state index in [1.807, 2.05) is 30.0 Å². The molecule has 6 nitrogen and oxygen atoms in total. The van der Waals surface area contributed by atoms with Gasteiger partial charge in [-0.25, -0.2) is 4.79 Å². The van der Waals surface area contributed by atoms with Crippen LogP contribution in [0.25, 0.3) is 0 Å². The summed E-state index contributed by atoms with van der Waals surface area (Å²) in [5, 5.41) is 2.92. The molecule has 0 spiro atoms. The third kappa shape index (κ3) is 4.28. The average molecular weight is 322 g/mol. The van der Waals surface area contributed by atoms with Gasteiger partial charge in [-0.3, -0.25) is 0 Å². The number of amides is 2. The predicted molar refractivity (Wildman–Crippen MR) is 88.1 cm³/mol. The van der Waals surface area contributed by atoms with E-state index < -0.39 is 0 Å². The molecule has 0 unspecified atom stereocenters. The molecule has 6 heteroatoms. The highest BCUT2D eigenvalue weighted by Gasteiger charge is 2.31. The topological polar surface area (TPSA) is 60.0 Å². The monoisotopic (exact) mass is 322 g/mol. The molecule has 2 amide bonds. The number of hydrogen-bond acceptors (Lipinski definition) is 4. The van der Waals surface area contributed by atoms with Crippen molar-refractivity contribution < 1.29 is 19.0 Å². The van der Waals surface area contributed by atoms with Crippen LogP contribution < -0.4 is 14.8 Å². The van der Waals surface area contributed by atoms with E-state index in [0.29, 0.717) is 19.8 Å². The van der Waals surface area contributed by atoms with E-state index >= 15 is 0 Å². The first-order valence-electron chi connectivity index (χ1n) is 8.05. The number of carbonyl (C=O) groups is 1. The van der Waals surface area contributed by atoms with Gasteiger partial charge in [0, 0.05) is 31.3 Å². The van der Waals surface area contributed by atoms with Crippen LogP contribution in [-0.4, -0.2) is 51.5 Å². The third-order valence-corrected chi connectivity index (χ3v) is 4.04. The number of methoxy groups -OCH3 is 2. The molecule has 1 N–H and O–H groups in total. The number of urea groups is 1. The number of nitrogens with one attached hydrogen (secondary N) is 1. The van der Waals surface area contributed by atoms with Gasteiger partial charge in [-0.15, -0.1) is 0 Å². The molecule has 1 fully saturated rings. The third-order valence-electron chi connectivity index (χ3n) is 4.04. The van der Waals surface area contributed by atoms with Gasteiger partial charge in [-0.1, -0.05) is 0 Å². The number of rotatable bonds is 7. The Morgan fingerprint density at radius 1 is 1.35 bits per heavy atom. The van der Waals surface area contributed by atoms with E-state index in [4.69, 9.17) is 14.2 Å². The Hall–Kier alpha value is -1.95. The van der Waals surface area contributed by atoms with Gasteiger partial charge in [0.15, 0.2) is 0 Å². The van der Waals surface area contributed by atoms with Crippen molar-refractivity contribution in [2.24, 2.45) is 0 Å². The van der Waals surface area contributed by atoms with Crippen LogP contribution in [0.5, 0.6) is 11.5 Å². The summed E-state index contributed by atoms with van der Waals surface area (Å²) < 4.78 is 16.0. The molecule has 1 aromatic rings. The summed E-state index contributed by atoms with van der Waals surface area (Å²) >= 11 is 0. The predicted octanol–water partition coefficient (Wildman–Crippen LogP) is 2.59. The number of nitrogens with zero attached hydrogens (tertiary/aromatic N) is 1. The smallest absolute Gasteiger partial charge is 0.317 e. The van der Waals surface area contributed by atoms with Crippen molar-refractivity contribution in [3.63, 3.8) is 0 Å². The number of hydrogen-bond donors (Lipinski definition) is 1. The van der Waals surface area contributed by atoms with Gasteiger partial charge in [0.2, 0.25) is 0 Å². The number of likely N-dealkylation sites (tertiary alicyclic amines) is 1. The maximum atomic E-state index is 12.4. The largest absolute Gasteiger partial charge is 0.497 e. The molecule has 1 aromatic carbocycles. The quantitative estimate of drug-likeness (QED) is 0.784. The van der Waals surface area contributed by atoms with Crippen molar-refractivity contribution in [2.75, 3.05) is 40.5 Å². The maximum Gasteiger partial charge on any atom is 0.317 e. The second kappa shape index (κ2) is 8.62. The fourth-order valence-electron chi connectivity index (χ4n) is 2.90. The maximum absolute atomic E-state index is 12.4. The van der Waals surface area contributed by atoms with Gasteiger partial charge in [0.05, 0.1) is 26.9 Å². The lowest BCUT2D eigenvalue weighted by molar-refractivity contribution is 0.144. The molecule has 128 valence electrons. The molecule has 0 bridgehead atoms. The van der Waals surface area contributed by atoms with E-state index in [1.165, 1.54) is 0 Å². The Kier molecular flexibility index (Phi) is 6.52. The van der Waals surface area contributed by atoms with E-state index in [0.717, 1.165) is 36.4 Å². The highest BCUT2D eigenvalue weighted by Crippen LogP contribution is 2.38. The van der Waals surface area contributed by atoms with Crippen LogP contribution in [0.1, 0.15) is 31.4 Å². The average Bonchev–Trinajstić information content (AvgIpc) is 3.07. The fourth-order valence-corrected chi connectivity index (χ4v) is 2.90. The van der Waals surface area contributed by atoms with E-state index in [9.17, 15) is 4.79 Å². The van der Waals surface area contributed by atoms with E-state index in [2.05, 4.69) is 5.32 Å². The summed E-state index contributed by atoms with van der Waals surface area (Å²) in [6, 6.07) is 5.72. The van der Waals surface area contributed by atoms with Crippen molar-refractivity contribution in [2.45, 2.75) is 25.8 Å². The Balaban J connectivity index is 2.07. The van der Waals surface area contributed by atoms with Crippen LogP contribution in [-0.2, 0) is 4.74 Å². The van der Waals surface area contributed by atoms with Crippen LogP contribution in [0, 0.1) is 0 Å². The Labute approximate surface area is 137 Å². The first-order valence-corrected chi connectivity index (χ1v) is 8.05. The molecule has 0 saturated carbocycles. The van der Waals surface area contributed by atoms with Crippen molar-refractivity contribution in [3.8, 4) is 11.5 Å². The number of ether oxygens (including phenoxy) is 3. The van der Waals surface area contributed by atoms with Gasteiger partial charge in [-0.05, 0) is 31.9 Å². The second-order valence-corrected chi connectivity index (χ2v) is 5.39. The minimum atomic E-state index is -0.0509. The zero-order valence-electron chi connectivity index (χ0n) is 14.1. The van der Waals surface area contributed by atoms with Crippen LogP contribution in [0.15, 0.2) is 18.2 Å². The molecule has 1 aliphatic rings. The van der Waals surface area contributed by atoms with Crippen molar-refractivity contribution in [1.29, 1.82) is 0 Å². The Morgan fingerprint density at radius 2 is 2.17 bits per heavy atom. The molecule has 0 aliphatic carbocycles. The first kappa shape index (κ1) is 17.4. The number of benzene rings is 1. The van der Waals surface area contributed by atoms with Crippen LogP contribution in [0.3, 0.4) is 0 Å². The number of carbonyl (C=O) groups excluding carboxylic acids is 1. The second-order valence-electron chi connectivity index (χ2n) is 5.39. The summed E-state index contributed by atoms with van der Waals surface area (Å²) in [5.41, 5.74) is 1.02. The molecule has 1 atom stereocenters. The molecule has 0 aromatic heterocycles. The fraction of sp³-hybridized carbons (Fsp3) is 0.588. The van der Waals surface area contributed by atoms with E-state index in [1.54, 1.807) is 14.2 Å².